The van der Waals surface area contributed by atoms with Crippen molar-refractivity contribution in [2.75, 3.05) is 32.7 Å². The van der Waals surface area contributed by atoms with Crippen LogP contribution in [-0.4, -0.2) is 59.2 Å². The van der Waals surface area contributed by atoms with Gasteiger partial charge in [0.05, 0.1) is 13.1 Å². The molecule has 6 nitrogen and oxygen atoms in total. The molecule has 0 radical (unpaired) electrons. The summed E-state index contributed by atoms with van der Waals surface area (Å²) in [5.74, 6) is 1.06. The van der Waals surface area contributed by atoms with Crippen molar-refractivity contribution in [1.82, 2.24) is 9.88 Å². The van der Waals surface area contributed by atoms with Gasteiger partial charge in [0.25, 0.3) is 0 Å². The maximum atomic E-state index is 13.7. The van der Waals surface area contributed by atoms with Crippen LogP contribution in [-0.2, 0) is 16.1 Å². The molecule has 0 N–H and O–H groups in total. The highest BCUT2D eigenvalue weighted by atomic mass is 35.5. The van der Waals surface area contributed by atoms with Crippen molar-refractivity contribution < 1.29 is 30.8 Å². The number of aromatic nitrogens is 1. The Hall–Kier alpha value is -2.67. The number of fused-ring (bicyclic) bond motifs is 3. The number of benzene rings is 2. The molecule has 4 aliphatic heterocycles. The molecule has 196 valence electrons. The van der Waals surface area contributed by atoms with Crippen LogP contribution in [0.15, 0.2) is 71.3 Å². The van der Waals surface area contributed by atoms with Crippen molar-refractivity contribution in [1.29, 1.82) is 0 Å². The predicted molar refractivity (Wildman–Crippen MR) is 138 cm³/mol. The third kappa shape index (κ3) is 5.62. The van der Waals surface area contributed by atoms with Gasteiger partial charge >= 0.3 is 5.97 Å². The number of carbonyl (C=O) groups excluding carboxylic acids is 1. The molecule has 2 aromatic carbocycles. The number of oxazole rings is 1. The maximum absolute atomic E-state index is 13.7. The minimum absolute atomic E-state index is 0. The molecule has 4 fully saturated rings. The van der Waals surface area contributed by atoms with Crippen molar-refractivity contribution in [2.45, 2.75) is 50.8 Å². The number of esters is 1. The predicted octanol–water partition coefficient (Wildman–Crippen LogP) is 2.22. The summed E-state index contributed by atoms with van der Waals surface area (Å²) in [6.45, 7) is 5.83. The molecule has 0 unspecified atom stereocenters. The number of carbonyl (C=O) groups is 1. The monoisotopic (exact) mass is 521 g/mol. The summed E-state index contributed by atoms with van der Waals surface area (Å²) in [6.07, 6.45) is 7.50. The summed E-state index contributed by atoms with van der Waals surface area (Å²) < 4.78 is 13.1. The third-order valence-corrected chi connectivity index (χ3v) is 8.47. The Kier molecular flexibility index (Phi) is 7.98. The average molecular weight is 522 g/mol. The fourth-order valence-corrected chi connectivity index (χ4v) is 6.53. The van der Waals surface area contributed by atoms with E-state index in [-0.39, 0.29) is 30.5 Å². The Bertz CT molecular complexity index is 1160. The molecule has 0 spiro atoms. The standard InChI is InChI=1S/C30H36N3O3.ClH/c34-30(28(24-10-4-1-5-11-24)32-16-8-3-9-17-32)36-27-21-33(18-14-23(27)15-19-33)20-26-22-35-29(31-26)25-12-6-2-7-13-25;/h1-2,4-7,10-13,22-23,27-28H,3,8-9,14-21H2;1H/q+1;/p-1/t23?,27-,28-,33?;/m0./s1. The molecule has 4 saturated heterocycles. The average Bonchev–Trinajstić information content (AvgIpc) is 3.39. The zero-order chi connectivity index (χ0) is 24.4. The van der Waals surface area contributed by atoms with Gasteiger partial charge in [0, 0.05) is 24.3 Å². The van der Waals surface area contributed by atoms with Crippen LogP contribution in [0.3, 0.4) is 0 Å². The highest BCUT2D eigenvalue weighted by Gasteiger charge is 2.48. The Labute approximate surface area is 225 Å². The summed E-state index contributed by atoms with van der Waals surface area (Å²) in [5.41, 5.74) is 3.03. The molecule has 0 amide bonds. The van der Waals surface area contributed by atoms with Gasteiger partial charge in [-0.05, 0) is 43.6 Å². The zero-order valence-electron chi connectivity index (χ0n) is 21.3. The summed E-state index contributed by atoms with van der Waals surface area (Å²) in [6, 6.07) is 19.9. The molecule has 2 atom stereocenters. The fraction of sp³-hybridized carbons (Fsp3) is 0.467. The maximum Gasteiger partial charge on any atom is 0.328 e. The minimum Gasteiger partial charge on any atom is -1.00 e. The molecule has 2 bridgehead atoms. The number of likely N-dealkylation sites (tertiary alicyclic amines) is 1. The third-order valence-electron chi connectivity index (χ3n) is 8.47. The minimum atomic E-state index is -0.306. The van der Waals surface area contributed by atoms with Crippen LogP contribution in [0, 0.1) is 5.92 Å². The molecule has 7 rings (SSSR count). The van der Waals surface area contributed by atoms with E-state index >= 15 is 0 Å². The fourth-order valence-electron chi connectivity index (χ4n) is 6.53. The van der Waals surface area contributed by atoms with E-state index < -0.39 is 0 Å². The highest BCUT2D eigenvalue weighted by Crippen LogP contribution is 2.38. The van der Waals surface area contributed by atoms with E-state index in [0.29, 0.717) is 11.8 Å². The van der Waals surface area contributed by atoms with Crippen LogP contribution < -0.4 is 12.4 Å². The van der Waals surface area contributed by atoms with Gasteiger partial charge in [-0.2, -0.15) is 0 Å². The van der Waals surface area contributed by atoms with Gasteiger partial charge in [0.15, 0.2) is 6.10 Å². The molecule has 0 aliphatic carbocycles. The van der Waals surface area contributed by atoms with Crippen molar-refractivity contribution in [3.63, 3.8) is 0 Å². The van der Waals surface area contributed by atoms with Gasteiger partial charge in [0.1, 0.15) is 31.1 Å². The number of hydrogen-bond donors (Lipinski definition) is 0. The van der Waals surface area contributed by atoms with E-state index in [9.17, 15) is 4.79 Å². The summed E-state index contributed by atoms with van der Waals surface area (Å²) >= 11 is 0. The normalized spacial score (nSPS) is 26.3. The van der Waals surface area contributed by atoms with E-state index in [1.165, 1.54) is 6.42 Å². The molecule has 3 aromatic rings. The molecule has 5 heterocycles. The smallest absolute Gasteiger partial charge is 0.328 e. The van der Waals surface area contributed by atoms with Crippen LogP contribution in [0.4, 0.5) is 0 Å². The number of piperidine rings is 4. The van der Waals surface area contributed by atoms with Crippen molar-refractivity contribution in [3.05, 3.63) is 78.2 Å². The van der Waals surface area contributed by atoms with Gasteiger partial charge in [0.2, 0.25) is 5.89 Å². The number of nitrogens with zero attached hydrogens (tertiary/aromatic N) is 3. The summed E-state index contributed by atoms with van der Waals surface area (Å²) in [4.78, 5) is 20.8. The lowest BCUT2D eigenvalue weighted by atomic mass is 9.83. The van der Waals surface area contributed by atoms with Crippen molar-refractivity contribution in [2.24, 2.45) is 5.92 Å². The van der Waals surface area contributed by atoms with Crippen LogP contribution >= 0.6 is 0 Å². The van der Waals surface area contributed by atoms with Gasteiger partial charge in [-0.3, -0.25) is 4.90 Å². The van der Waals surface area contributed by atoms with Gasteiger partial charge in [-0.15, -0.1) is 0 Å². The number of hydrogen-bond acceptors (Lipinski definition) is 5. The zero-order valence-corrected chi connectivity index (χ0v) is 22.1. The second-order valence-corrected chi connectivity index (χ2v) is 10.9. The van der Waals surface area contributed by atoms with E-state index in [1.54, 1.807) is 6.26 Å². The highest BCUT2D eigenvalue weighted by molar-refractivity contribution is 5.78. The number of quaternary nitrogens is 1. The lowest BCUT2D eigenvalue weighted by Crippen LogP contribution is -3.00. The Morgan fingerprint density at radius 2 is 1.68 bits per heavy atom. The van der Waals surface area contributed by atoms with Gasteiger partial charge in [-0.25, -0.2) is 9.78 Å². The molecule has 37 heavy (non-hydrogen) atoms. The van der Waals surface area contributed by atoms with E-state index in [1.807, 2.05) is 48.5 Å². The van der Waals surface area contributed by atoms with Crippen molar-refractivity contribution >= 4 is 5.97 Å². The first kappa shape index (κ1) is 26.0. The topological polar surface area (TPSA) is 55.6 Å². The lowest BCUT2D eigenvalue weighted by molar-refractivity contribution is -0.958. The van der Waals surface area contributed by atoms with Crippen LogP contribution in [0.5, 0.6) is 0 Å². The number of halogens is 1. The van der Waals surface area contributed by atoms with Crippen LogP contribution in [0.1, 0.15) is 49.4 Å². The second-order valence-electron chi connectivity index (χ2n) is 10.9. The van der Waals surface area contributed by atoms with Gasteiger partial charge in [-0.1, -0.05) is 55.0 Å². The van der Waals surface area contributed by atoms with E-state index in [4.69, 9.17) is 14.1 Å². The van der Waals surface area contributed by atoms with E-state index in [2.05, 4.69) is 17.0 Å². The molecule has 7 heteroatoms. The van der Waals surface area contributed by atoms with E-state index in [0.717, 1.165) is 86.3 Å². The lowest BCUT2D eigenvalue weighted by Gasteiger charge is -2.52. The molecule has 0 saturated carbocycles. The Morgan fingerprint density at radius 3 is 2.38 bits per heavy atom. The SMILES string of the molecule is O=C(O[C@H]1C[N+]2(Cc3coc(-c4ccccc4)n3)CCC1CC2)[C@H](c1ccccc1)N1CCCCC1.[Cl-]. The van der Waals surface area contributed by atoms with Crippen LogP contribution in [0.2, 0.25) is 0 Å². The Balaban J connectivity index is 0.00000280. The first-order valence-corrected chi connectivity index (χ1v) is 13.5. The largest absolute Gasteiger partial charge is 1.00 e. The first-order valence-electron chi connectivity index (χ1n) is 13.5. The second kappa shape index (κ2) is 11.4. The molecular weight excluding hydrogens is 486 g/mol. The number of ether oxygens (including phenoxy) is 1. The molecular formula is C30H36ClN3O3. The molecule has 4 aliphatic rings. The molecule has 1 aromatic heterocycles. The van der Waals surface area contributed by atoms with Crippen molar-refractivity contribution in [3.8, 4) is 11.5 Å². The summed E-state index contributed by atoms with van der Waals surface area (Å²) in [5, 5.41) is 0. The first-order chi connectivity index (χ1) is 17.7. The quantitative estimate of drug-likeness (QED) is 0.352. The summed E-state index contributed by atoms with van der Waals surface area (Å²) in [7, 11) is 0. The van der Waals surface area contributed by atoms with Gasteiger partial charge < -0.3 is 26.0 Å². The number of rotatable bonds is 7. The Morgan fingerprint density at radius 1 is 1.00 bits per heavy atom. The van der Waals surface area contributed by atoms with Crippen LogP contribution in [0.25, 0.3) is 11.5 Å².